The number of halogens is 3. The van der Waals surface area contributed by atoms with Crippen LogP contribution in [0.1, 0.15) is 32.3 Å². The van der Waals surface area contributed by atoms with Crippen LogP contribution in [-0.2, 0) is 37.4 Å². The first-order valence-electron chi connectivity index (χ1n) is 16.9. The van der Waals surface area contributed by atoms with E-state index in [1.54, 1.807) is 36.4 Å². The first-order chi connectivity index (χ1) is 26.6. The maximum absolute atomic E-state index is 13.9. The van der Waals surface area contributed by atoms with Gasteiger partial charge in [-0.2, -0.15) is 13.2 Å². The molecule has 1 amide bonds. The van der Waals surface area contributed by atoms with Crippen LogP contribution in [0.3, 0.4) is 0 Å². The zero-order chi connectivity index (χ0) is 42.4. The number of hydrogen-bond donors (Lipinski definition) is 8. The van der Waals surface area contributed by atoms with E-state index in [-0.39, 0.29) is 47.2 Å². The fourth-order valence-electron chi connectivity index (χ4n) is 4.86. The minimum absolute atomic E-state index is 0.000541. The molecule has 3 heterocycles. The molecule has 54 heavy (non-hydrogen) atoms. The van der Waals surface area contributed by atoms with Crippen LogP contribution in [0.25, 0.3) is 11.0 Å². The number of pyridine rings is 1. The molecule has 0 bridgehead atoms. The van der Waals surface area contributed by atoms with Crippen molar-refractivity contribution in [3.8, 4) is 0 Å². The fourth-order valence-corrected chi connectivity index (χ4v) is 4.86. The van der Waals surface area contributed by atoms with E-state index in [1.807, 2.05) is 0 Å². The molecule has 4 aromatic rings. The number of aliphatic hydroxyl groups is 3. The van der Waals surface area contributed by atoms with Gasteiger partial charge in [0.15, 0.2) is 6.10 Å². The molecule has 2 aromatic heterocycles. The van der Waals surface area contributed by atoms with Crippen LogP contribution >= 0.6 is 0 Å². The van der Waals surface area contributed by atoms with Gasteiger partial charge in [0.2, 0.25) is 6.29 Å². The number of benzene rings is 2. The predicted molar refractivity (Wildman–Crippen MR) is 180 cm³/mol. The summed E-state index contributed by atoms with van der Waals surface area (Å²) in [7, 11) is 0. The average molecular weight is 765 g/mol. The van der Waals surface area contributed by atoms with Crippen molar-refractivity contribution in [3.63, 3.8) is 0 Å². The zero-order valence-electron chi connectivity index (χ0n) is 30.5. The van der Waals surface area contributed by atoms with Crippen molar-refractivity contribution < 1.29 is 71.5 Å². The highest BCUT2D eigenvalue weighted by Crippen LogP contribution is 2.24. The summed E-state index contributed by atoms with van der Waals surface area (Å²) in [6.45, 7) is -2.94. The van der Waals surface area contributed by atoms with Crippen LogP contribution in [0.5, 0.6) is 0 Å². The van der Waals surface area contributed by atoms with Gasteiger partial charge in [0.05, 0.1) is 24.0 Å². The number of aryl methyl sites for hydroxylation is 1. The normalized spacial score (nSPS) is 20.6. The summed E-state index contributed by atoms with van der Waals surface area (Å²) in [5.41, 5.74) is 7.17. The first kappa shape index (κ1) is 36.2. The van der Waals surface area contributed by atoms with Gasteiger partial charge in [0.25, 0.3) is 5.91 Å². The highest BCUT2D eigenvalue weighted by molar-refractivity contribution is 6.07. The van der Waals surface area contributed by atoms with Gasteiger partial charge in [-0.25, -0.2) is 19.6 Å². The summed E-state index contributed by atoms with van der Waals surface area (Å²) >= 11 is 0. The molecule has 5 rings (SSSR count). The number of carbonyl (C=O) groups excluding carboxylic acids is 2. The smallest absolute Gasteiger partial charge is 0.479 e. The number of carboxylic acids is 2. The molecular weight excluding hydrogens is 727 g/mol. The fraction of sp³-hybridized carbons (Fsp3) is 0.303. The Kier molecular flexibility index (Phi) is 11.5. The van der Waals surface area contributed by atoms with Gasteiger partial charge >= 0.3 is 24.1 Å². The molecule has 1 aliphatic heterocycles. The van der Waals surface area contributed by atoms with Crippen LogP contribution in [0.4, 0.5) is 24.7 Å². The Balaban J connectivity index is 0.000000940. The Labute approximate surface area is 306 Å². The number of amides is 1. The number of fused-ring (bicyclic) bond motifs is 1. The molecule has 0 unspecified atom stereocenters. The molecule has 288 valence electrons. The first-order valence-corrected chi connectivity index (χ1v) is 15.4. The average Bonchev–Trinajstić information content (AvgIpc) is 3.53. The number of imidazole rings is 1. The Morgan fingerprint density at radius 1 is 1.04 bits per heavy atom. The maximum Gasteiger partial charge on any atom is 0.490 e. The summed E-state index contributed by atoms with van der Waals surface area (Å²) in [5.74, 6) is -5.87. The van der Waals surface area contributed by atoms with Crippen LogP contribution < -0.4 is 16.0 Å². The standard InChI is InChI=1S/C31H33N7O9.C2HF3O2/c1-37-20-10-7-17(14-19(20)36-22(37)15-35-18-8-5-16(6-9-18)28(32)33)29(43)38(21-4-2-3-12-34-21)13-11-23(39)46-31-26(42)24(40)25(41)27(47-31)30(44)45;3-2(4,5)1(6)7/h2-10,12,14,24-27,31,35,40-42H,11,13,15H2,1H3,(H3,32,33)(H,44,45);(H,6,7)/t24-,25-,26+,27-,31+;/m0./s1/i1D3;. The van der Waals surface area contributed by atoms with Gasteiger partial charge in [-0.05, 0) is 54.6 Å². The number of carbonyl (C=O) groups is 4. The topological polar surface area (TPSA) is 284 Å². The van der Waals surface area contributed by atoms with E-state index in [2.05, 4.69) is 15.3 Å². The number of nitrogens with two attached hydrogens (primary N) is 1. The molecule has 2 aromatic carbocycles. The number of aromatic nitrogens is 3. The lowest BCUT2D eigenvalue weighted by Gasteiger charge is -2.38. The summed E-state index contributed by atoms with van der Waals surface area (Å²) in [6.07, 6.45) is -14.0. The van der Waals surface area contributed by atoms with Gasteiger partial charge in [0.1, 0.15) is 35.8 Å². The number of amidine groups is 1. The molecule has 1 fully saturated rings. The number of esters is 1. The SMILES string of the molecule is O=C(O)C(F)(F)F.[2H]C([2H])([2H])n1c(CNc2ccc(C(=N)N)cc2)nc2cc(C(=O)N(CCC(=O)O[C@@H]3O[C@H](C(=O)O)[C@@H](O)[C@H](O)[C@H]3O)c3ccccn3)ccc21. The molecular formula is C33H34F3N7O11. The van der Waals surface area contributed by atoms with E-state index < -0.39 is 74.1 Å². The third kappa shape index (κ3) is 9.83. The number of carboxylic acid groups (broad SMARTS) is 2. The molecule has 0 radical (unpaired) electrons. The largest absolute Gasteiger partial charge is 0.490 e. The van der Waals surface area contributed by atoms with Gasteiger partial charge in [-0.3, -0.25) is 19.9 Å². The van der Waals surface area contributed by atoms with E-state index in [4.69, 9.17) is 34.6 Å². The monoisotopic (exact) mass is 764 g/mol. The van der Waals surface area contributed by atoms with Gasteiger partial charge in [-0.1, -0.05) is 6.07 Å². The van der Waals surface area contributed by atoms with Gasteiger partial charge in [0, 0.05) is 40.6 Å². The second kappa shape index (κ2) is 17.1. The molecule has 1 aliphatic rings. The van der Waals surface area contributed by atoms with Crippen LogP contribution in [-0.4, -0.2) is 113 Å². The number of aliphatic hydroxyl groups excluding tert-OH is 3. The number of ether oxygens (including phenoxy) is 2. The minimum Gasteiger partial charge on any atom is -0.479 e. The summed E-state index contributed by atoms with van der Waals surface area (Å²) in [6, 6.07) is 15.6. The molecule has 18 nitrogen and oxygen atoms in total. The molecule has 0 saturated carbocycles. The summed E-state index contributed by atoms with van der Waals surface area (Å²) in [4.78, 5) is 56.8. The number of nitrogens with zero attached hydrogens (tertiary/aromatic N) is 4. The minimum atomic E-state index is -5.08. The van der Waals surface area contributed by atoms with Crippen molar-refractivity contribution in [3.05, 3.63) is 83.8 Å². The Hall–Kier alpha value is -6.16. The molecule has 9 N–H and O–H groups in total. The summed E-state index contributed by atoms with van der Waals surface area (Å²) in [5, 5.41) is 57.1. The van der Waals surface area contributed by atoms with E-state index >= 15 is 0 Å². The van der Waals surface area contributed by atoms with E-state index in [9.17, 15) is 48.0 Å². The molecule has 1 saturated heterocycles. The number of nitrogen functional groups attached to an aromatic ring is 1. The number of anilines is 2. The lowest BCUT2D eigenvalue weighted by molar-refractivity contribution is -0.286. The van der Waals surface area contributed by atoms with Crippen LogP contribution in [0.2, 0.25) is 0 Å². The third-order valence-corrected chi connectivity index (χ3v) is 7.63. The lowest BCUT2D eigenvalue weighted by atomic mass is 9.99. The number of hydrogen-bond acceptors (Lipinski definition) is 13. The number of nitrogens with one attached hydrogen (secondary N) is 2. The summed E-state index contributed by atoms with van der Waals surface area (Å²) < 4.78 is 67.2. The van der Waals surface area contributed by atoms with Gasteiger partial charge < -0.3 is 50.6 Å². The Morgan fingerprint density at radius 3 is 2.28 bits per heavy atom. The van der Waals surface area contributed by atoms with Crippen molar-refractivity contribution >= 4 is 52.2 Å². The molecule has 0 aliphatic carbocycles. The van der Waals surface area contributed by atoms with Gasteiger partial charge in [-0.15, -0.1) is 0 Å². The zero-order valence-corrected chi connectivity index (χ0v) is 27.5. The van der Waals surface area contributed by atoms with E-state index in [1.165, 1.54) is 30.5 Å². The Morgan fingerprint density at radius 2 is 1.70 bits per heavy atom. The highest BCUT2D eigenvalue weighted by atomic mass is 19.4. The van der Waals surface area contributed by atoms with Crippen molar-refractivity contribution in [2.24, 2.45) is 12.7 Å². The number of aliphatic carboxylic acids is 2. The lowest BCUT2D eigenvalue weighted by Crippen LogP contribution is -2.60. The van der Waals surface area contributed by atoms with Crippen molar-refractivity contribution in [1.29, 1.82) is 5.41 Å². The molecule has 5 atom stereocenters. The second-order valence-electron chi connectivity index (χ2n) is 11.3. The van der Waals surface area contributed by atoms with E-state index in [0.717, 1.165) is 9.47 Å². The second-order valence-corrected chi connectivity index (χ2v) is 11.3. The highest BCUT2D eigenvalue weighted by Gasteiger charge is 2.48. The van der Waals surface area contributed by atoms with Crippen LogP contribution in [0.15, 0.2) is 66.9 Å². The number of alkyl halides is 3. The predicted octanol–water partition coefficient (Wildman–Crippen LogP) is 0.970. The molecule has 0 spiro atoms. The van der Waals surface area contributed by atoms with Crippen molar-refractivity contribution in [2.75, 3.05) is 16.8 Å². The quantitative estimate of drug-likeness (QED) is 0.0600. The van der Waals surface area contributed by atoms with Crippen LogP contribution in [0, 0.1) is 5.41 Å². The van der Waals surface area contributed by atoms with Crippen molar-refractivity contribution in [2.45, 2.75) is 49.8 Å². The van der Waals surface area contributed by atoms with E-state index in [0.29, 0.717) is 11.3 Å². The third-order valence-electron chi connectivity index (χ3n) is 7.63. The number of rotatable bonds is 11. The maximum atomic E-state index is 13.9. The van der Waals surface area contributed by atoms with Crippen molar-refractivity contribution in [1.82, 2.24) is 14.5 Å². The Bertz CT molecular complexity index is 2110. The molecule has 21 heteroatoms.